The second kappa shape index (κ2) is 13.5. The monoisotopic (exact) mass is 520 g/mol. The van der Waals surface area contributed by atoms with Gasteiger partial charge < -0.3 is 14.9 Å². The molecule has 3 rings (SSSR count). The first-order valence-electron chi connectivity index (χ1n) is 13.7. The van der Waals surface area contributed by atoms with E-state index in [0.717, 1.165) is 12.0 Å². The number of carboxylic acid groups (broad SMARTS) is 1. The minimum Gasteiger partial charge on any atom is -0.481 e. The number of esters is 1. The van der Waals surface area contributed by atoms with E-state index in [2.05, 4.69) is 27.7 Å². The predicted octanol–water partition coefficient (Wildman–Crippen LogP) is 5.40. The number of fused-ring (bicyclic) bond motifs is 3. The normalized spacial score (nSPS) is 34.7. The summed E-state index contributed by atoms with van der Waals surface area (Å²) in [7, 11) is 0. The molecule has 3 aliphatic carbocycles. The van der Waals surface area contributed by atoms with E-state index < -0.39 is 18.0 Å². The number of hydrogen-bond acceptors (Lipinski definition) is 6. The van der Waals surface area contributed by atoms with Gasteiger partial charge in [0, 0.05) is 30.6 Å². The van der Waals surface area contributed by atoms with Crippen LogP contribution in [-0.2, 0) is 23.9 Å². The second-order valence-corrected chi connectivity index (χ2v) is 11.0. The van der Waals surface area contributed by atoms with Crippen molar-refractivity contribution in [2.24, 2.45) is 40.4 Å². The van der Waals surface area contributed by atoms with Gasteiger partial charge in [0.15, 0.2) is 11.6 Å². The topological polar surface area (TPSA) is 118 Å². The van der Waals surface area contributed by atoms with Gasteiger partial charge in [0.2, 0.25) is 0 Å². The number of carbonyl (C=O) groups excluding carboxylic acids is 3. The molecule has 0 saturated heterocycles. The maximum atomic E-state index is 13.0. The van der Waals surface area contributed by atoms with E-state index >= 15 is 0 Å². The van der Waals surface area contributed by atoms with Crippen LogP contribution in [0.2, 0.25) is 0 Å². The maximum Gasteiger partial charge on any atom is 0.303 e. The fraction of sp³-hybridized carbons (Fsp3) is 0.733. The van der Waals surface area contributed by atoms with E-state index in [1.54, 1.807) is 19.1 Å². The van der Waals surface area contributed by atoms with E-state index in [9.17, 15) is 24.3 Å². The molecule has 2 fully saturated rings. The number of aliphatic carboxylic acids is 1. The van der Waals surface area contributed by atoms with Crippen LogP contribution in [-0.4, -0.2) is 46.4 Å². The lowest BCUT2D eigenvalue weighted by Crippen LogP contribution is -2.59. The van der Waals surface area contributed by atoms with Crippen molar-refractivity contribution in [1.82, 2.24) is 0 Å². The molecule has 0 spiro atoms. The lowest BCUT2D eigenvalue weighted by Gasteiger charge is -2.61. The summed E-state index contributed by atoms with van der Waals surface area (Å²) in [6.07, 6.45) is 7.14. The van der Waals surface area contributed by atoms with Crippen LogP contribution >= 0.6 is 0 Å². The van der Waals surface area contributed by atoms with Crippen LogP contribution in [0.3, 0.4) is 0 Å². The lowest BCUT2D eigenvalue weighted by atomic mass is 9.44. The number of carboxylic acids is 1. The van der Waals surface area contributed by atoms with Gasteiger partial charge in [0.25, 0.3) is 0 Å². The minimum atomic E-state index is -0.745. The van der Waals surface area contributed by atoms with E-state index in [1.165, 1.54) is 6.92 Å². The Bertz CT molecular complexity index is 904. The molecule has 0 bridgehead atoms. The molecule has 2 saturated carbocycles. The molecule has 2 N–H and O–H groups in total. The molecule has 7 heteroatoms. The van der Waals surface area contributed by atoms with Crippen molar-refractivity contribution in [3.63, 3.8) is 0 Å². The van der Waals surface area contributed by atoms with Crippen LogP contribution in [0, 0.1) is 40.4 Å². The van der Waals surface area contributed by atoms with Gasteiger partial charge in [-0.25, -0.2) is 0 Å². The van der Waals surface area contributed by atoms with Gasteiger partial charge in [-0.1, -0.05) is 67.0 Å². The average Bonchev–Trinajstić information content (AvgIpc) is 2.84. The molecule has 0 aromatic rings. The molecule has 0 heterocycles. The van der Waals surface area contributed by atoms with Crippen LogP contribution in [0.4, 0.5) is 0 Å². The van der Waals surface area contributed by atoms with Gasteiger partial charge in [-0.2, -0.15) is 0 Å². The zero-order valence-corrected chi connectivity index (χ0v) is 24.2. The third-order valence-corrected chi connectivity index (χ3v) is 8.88. The Hall–Kier alpha value is -2.28. The molecule has 0 aromatic heterocycles. The Balaban J connectivity index is 0.000000874. The highest BCUT2D eigenvalue weighted by atomic mass is 16.5. The van der Waals surface area contributed by atoms with Crippen molar-refractivity contribution < 1.29 is 34.1 Å². The Labute approximate surface area is 222 Å². The molecule has 8 atom stereocenters. The molecular formula is C30H48O7. The molecule has 0 aliphatic heterocycles. The van der Waals surface area contributed by atoms with Gasteiger partial charge in [-0.3, -0.25) is 19.2 Å². The number of aliphatic hydroxyl groups is 1. The van der Waals surface area contributed by atoms with E-state index in [0.29, 0.717) is 12.8 Å². The highest BCUT2D eigenvalue weighted by Gasteiger charge is 2.60. The van der Waals surface area contributed by atoms with Crippen molar-refractivity contribution in [2.45, 2.75) is 94.1 Å². The first-order chi connectivity index (χ1) is 17.2. The summed E-state index contributed by atoms with van der Waals surface area (Å²) in [4.78, 5) is 45.6. The van der Waals surface area contributed by atoms with Crippen LogP contribution < -0.4 is 0 Å². The second-order valence-electron chi connectivity index (χ2n) is 11.0. The molecule has 7 nitrogen and oxygen atoms in total. The summed E-state index contributed by atoms with van der Waals surface area (Å²) < 4.78 is 5.01. The SMILES string of the molecule is CC.CCC(=O)O.CCC(C(=O)COC(C)=O)C1(C)CC(O)[C@H]2C(C[C@H](C)C3=CC(=O)C=CC32C)[C@@H]1C. The molecule has 0 radical (unpaired) electrons. The van der Waals surface area contributed by atoms with E-state index in [4.69, 9.17) is 9.84 Å². The van der Waals surface area contributed by atoms with E-state index in [-0.39, 0.29) is 65.0 Å². The minimum absolute atomic E-state index is 0.0217. The van der Waals surface area contributed by atoms with Crippen molar-refractivity contribution in [3.8, 4) is 0 Å². The summed E-state index contributed by atoms with van der Waals surface area (Å²) in [5.74, 6) is -0.784. The summed E-state index contributed by atoms with van der Waals surface area (Å²) in [5, 5.41) is 19.1. The number of hydrogen-bond donors (Lipinski definition) is 2. The quantitative estimate of drug-likeness (QED) is 0.450. The van der Waals surface area contributed by atoms with Gasteiger partial charge in [-0.15, -0.1) is 0 Å². The van der Waals surface area contributed by atoms with Crippen LogP contribution in [0.25, 0.3) is 0 Å². The third-order valence-electron chi connectivity index (χ3n) is 8.88. The molecule has 5 unspecified atom stereocenters. The van der Waals surface area contributed by atoms with E-state index in [1.807, 2.05) is 26.8 Å². The Kier molecular flexibility index (Phi) is 11.9. The van der Waals surface area contributed by atoms with Crippen LogP contribution in [0.5, 0.6) is 0 Å². The highest BCUT2D eigenvalue weighted by molar-refractivity contribution is 6.01. The van der Waals surface area contributed by atoms with Crippen LogP contribution in [0.1, 0.15) is 88.0 Å². The fourth-order valence-corrected chi connectivity index (χ4v) is 7.06. The number of ether oxygens (including phenoxy) is 1. The molecule has 3 aliphatic rings. The molecule has 0 amide bonds. The molecule has 210 valence electrons. The maximum absolute atomic E-state index is 13.0. The smallest absolute Gasteiger partial charge is 0.303 e. The van der Waals surface area contributed by atoms with Crippen molar-refractivity contribution in [3.05, 3.63) is 23.8 Å². The number of rotatable bonds is 6. The summed E-state index contributed by atoms with van der Waals surface area (Å²) in [5.41, 5.74) is 0.413. The standard InChI is InChI=1S/C25H36O5.C3H6O2.C2H6/c1-7-19(22(29)13-30-16(4)26)25(6)12-21(28)23-18(15(25)3)10-14(2)20-11-17(27)8-9-24(20,23)5;1-2-3(4)5;1-2/h8-9,11,14-15,18-19,21,23,28H,7,10,12-13H2,1-6H3;2H2,1H3,(H,4,5);1-2H3/t14-,15-,18?,19?,21?,23+,24?,25?;;/m0../s1. The van der Waals surface area contributed by atoms with Gasteiger partial charge in [0.05, 0.1) is 6.10 Å². The largest absolute Gasteiger partial charge is 0.481 e. The van der Waals surface area contributed by atoms with Gasteiger partial charge in [-0.05, 0) is 54.6 Å². The zero-order chi connectivity index (χ0) is 28.7. The van der Waals surface area contributed by atoms with Gasteiger partial charge >= 0.3 is 11.9 Å². The summed E-state index contributed by atoms with van der Waals surface area (Å²) in [6, 6.07) is 0. The van der Waals surface area contributed by atoms with Gasteiger partial charge in [0.1, 0.15) is 6.61 Å². The highest BCUT2D eigenvalue weighted by Crippen LogP contribution is 2.63. The fourth-order valence-electron chi connectivity index (χ4n) is 7.06. The van der Waals surface area contributed by atoms with Crippen molar-refractivity contribution >= 4 is 23.5 Å². The number of ketones is 2. The number of Topliss-reactive ketones (excluding diaryl/α,β-unsaturated/α-hetero) is 1. The van der Waals surface area contributed by atoms with Crippen LogP contribution in [0.15, 0.2) is 23.8 Å². The zero-order valence-electron chi connectivity index (χ0n) is 24.2. The molecular weight excluding hydrogens is 472 g/mol. The molecule has 37 heavy (non-hydrogen) atoms. The summed E-state index contributed by atoms with van der Waals surface area (Å²) in [6.45, 7) is 17.4. The number of aliphatic hydroxyl groups excluding tert-OH is 1. The third kappa shape index (κ3) is 6.98. The lowest BCUT2D eigenvalue weighted by molar-refractivity contribution is -0.159. The molecule has 0 aromatic carbocycles. The predicted molar refractivity (Wildman–Crippen MR) is 144 cm³/mol. The average molecular weight is 521 g/mol. The number of carbonyl (C=O) groups is 4. The first kappa shape index (κ1) is 32.7. The number of allylic oxidation sites excluding steroid dienone is 4. The first-order valence-corrected chi connectivity index (χ1v) is 13.7. The van der Waals surface area contributed by atoms with Crippen molar-refractivity contribution in [1.29, 1.82) is 0 Å². The Morgan fingerprint density at radius 3 is 2.22 bits per heavy atom. The summed E-state index contributed by atoms with van der Waals surface area (Å²) >= 11 is 0. The van der Waals surface area contributed by atoms with Crippen molar-refractivity contribution in [2.75, 3.05) is 6.61 Å². The Morgan fingerprint density at radius 1 is 1.16 bits per heavy atom. The Morgan fingerprint density at radius 2 is 1.73 bits per heavy atom.